The standard InChI is InChI=1S/C13H16N4.C10H13N3O2/c1-9-13(15)16-8-12(17-9)11-4-2-10(3-5-11)6-7-14;14-8-12-9-7-11-2-1-10(9)13-3-5-15-6-4-13/h2-5,8H,6-7,14H2,1H3,(H2,15,16);1-2,7-8H,3-6H2,(H,12,14). The molecule has 1 aromatic carbocycles. The van der Waals surface area contributed by atoms with E-state index in [-0.39, 0.29) is 0 Å². The molecular formula is C23H29N7O2. The second kappa shape index (κ2) is 11.7. The van der Waals surface area contributed by atoms with Gasteiger partial charge in [-0.3, -0.25) is 9.78 Å². The van der Waals surface area contributed by atoms with Gasteiger partial charge in [0, 0.05) is 24.8 Å². The second-order valence-corrected chi connectivity index (χ2v) is 7.22. The zero-order chi connectivity index (χ0) is 22.8. The summed E-state index contributed by atoms with van der Waals surface area (Å²) in [5.41, 5.74) is 16.8. The maximum Gasteiger partial charge on any atom is 0.211 e. The number of hydrogen-bond acceptors (Lipinski definition) is 8. The number of morpholine rings is 1. The van der Waals surface area contributed by atoms with Crippen LogP contribution in [0.2, 0.25) is 0 Å². The number of nitrogens with zero attached hydrogens (tertiary/aromatic N) is 4. The molecule has 168 valence electrons. The first-order chi connectivity index (χ1) is 15.6. The summed E-state index contributed by atoms with van der Waals surface area (Å²) in [6, 6.07) is 10.1. The highest BCUT2D eigenvalue weighted by Crippen LogP contribution is 2.24. The molecule has 3 heterocycles. The maximum absolute atomic E-state index is 10.4. The average Bonchev–Trinajstić information content (AvgIpc) is 2.83. The number of anilines is 3. The van der Waals surface area contributed by atoms with E-state index in [1.807, 2.05) is 25.1 Å². The van der Waals surface area contributed by atoms with Crippen LogP contribution >= 0.6 is 0 Å². The predicted molar refractivity (Wildman–Crippen MR) is 126 cm³/mol. The normalized spacial score (nSPS) is 13.1. The molecule has 5 N–H and O–H groups in total. The zero-order valence-corrected chi connectivity index (χ0v) is 18.2. The van der Waals surface area contributed by atoms with E-state index in [1.54, 1.807) is 18.6 Å². The summed E-state index contributed by atoms with van der Waals surface area (Å²) in [4.78, 5) is 25.1. The van der Waals surface area contributed by atoms with Crippen molar-refractivity contribution < 1.29 is 9.53 Å². The summed E-state index contributed by atoms with van der Waals surface area (Å²) >= 11 is 0. The third kappa shape index (κ3) is 6.22. The van der Waals surface area contributed by atoms with E-state index in [0.29, 0.717) is 18.8 Å². The molecule has 3 aromatic rings. The van der Waals surface area contributed by atoms with Crippen molar-refractivity contribution in [1.82, 2.24) is 15.0 Å². The molecule has 9 nitrogen and oxygen atoms in total. The fraction of sp³-hybridized carbons (Fsp3) is 0.304. The van der Waals surface area contributed by atoms with Gasteiger partial charge in [-0.15, -0.1) is 0 Å². The number of rotatable bonds is 6. The molecule has 9 heteroatoms. The van der Waals surface area contributed by atoms with E-state index in [9.17, 15) is 4.79 Å². The molecule has 0 atom stereocenters. The minimum absolute atomic E-state index is 0.480. The Hall–Kier alpha value is -3.56. The molecule has 1 fully saturated rings. The molecular weight excluding hydrogens is 406 g/mol. The number of pyridine rings is 1. The molecule has 0 bridgehead atoms. The van der Waals surface area contributed by atoms with Crippen LogP contribution in [0.1, 0.15) is 11.3 Å². The van der Waals surface area contributed by atoms with Crippen LogP contribution in [0.3, 0.4) is 0 Å². The van der Waals surface area contributed by atoms with Crippen molar-refractivity contribution in [1.29, 1.82) is 0 Å². The fourth-order valence-corrected chi connectivity index (χ4v) is 3.28. The van der Waals surface area contributed by atoms with Gasteiger partial charge in [-0.05, 0) is 31.5 Å². The van der Waals surface area contributed by atoms with Gasteiger partial charge in [0.2, 0.25) is 6.41 Å². The molecule has 0 spiro atoms. The van der Waals surface area contributed by atoms with E-state index in [0.717, 1.165) is 61.1 Å². The van der Waals surface area contributed by atoms with Crippen LogP contribution in [0.5, 0.6) is 0 Å². The van der Waals surface area contributed by atoms with Crippen molar-refractivity contribution in [3.05, 3.63) is 60.2 Å². The Morgan fingerprint density at radius 3 is 2.56 bits per heavy atom. The lowest BCUT2D eigenvalue weighted by Crippen LogP contribution is -2.36. The van der Waals surface area contributed by atoms with Crippen LogP contribution in [0.25, 0.3) is 11.3 Å². The van der Waals surface area contributed by atoms with Gasteiger partial charge in [0.1, 0.15) is 5.82 Å². The Morgan fingerprint density at radius 1 is 1.16 bits per heavy atom. The first kappa shape index (κ1) is 23.1. The Bertz CT molecular complexity index is 1010. The van der Waals surface area contributed by atoms with Crippen molar-refractivity contribution in [3.63, 3.8) is 0 Å². The van der Waals surface area contributed by atoms with Gasteiger partial charge in [0.15, 0.2) is 0 Å². The highest BCUT2D eigenvalue weighted by molar-refractivity contribution is 5.80. The average molecular weight is 436 g/mol. The molecule has 0 unspecified atom stereocenters. The van der Waals surface area contributed by atoms with Crippen LogP contribution in [0.15, 0.2) is 48.9 Å². The van der Waals surface area contributed by atoms with Gasteiger partial charge in [-0.25, -0.2) is 9.97 Å². The Labute approximate surface area is 187 Å². The number of carbonyl (C=O) groups excluding carboxylic acids is 1. The number of ether oxygens (including phenoxy) is 1. The molecule has 1 amide bonds. The molecule has 0 radical (unpaired) electrons. The van der Waals surface area contributed by atoms with Gasteiger partial charge in [0.25, 0.3) is 0 Å². The van der Waals surface area contributed by atoms with E-state index in [4.69, 9.17) is 16.2 Å². The SMILES string of the molecule is Cc1nc(-c2ccc(CCN)cc2)cnc1N.O=CNc1cnccc1N1CCOCC1. The first-order valence-electron chi connectivity index (χ1n) is 10.5. The van der Waals surface area contributed by atoms with Gasteiger partial charge in [-0.1, -0.05) is 24.3 Å². The number of carbonyl (C=O) groups is 1. The number of aryl methyl sites for hydroxylation is 1. The lowest BCUT2D eigenvalue weighted by molar-refractivity contribution is -0.105. The second-order valence-electron chi connectivity index (χ2n) is 7.22. The quantitative estimate of drug-likeness (QED) is 0.501. The minimum Gasteiger partial charge on any atom is -0.382 e. The largest absolute Gasteiger partial charge is 0.382 e. The number of nitrogens with two attached hydrogens (primary N) is 2. The van der Waals surface area contributed by atoms with Gasteiger partial charge in [0.05, 0.1) is 48.4 Å². The molecule has 0 saturated carbocycles. The number of amides is 1. The lowest BCUT2D eigenvalue weighted by atomic mass is 10.1. The number of benzene rings is 1. The van der Waals surface area contributed by atoms with Crippen LogP contribution in [-0.4, -0.2) is 54.2 Å². The maximum atomic E-state index is 10.4. The highest BCUT2D eigenvalue weighted by Gasteiger charge is 2.14. The van der Waals surface area contributed by atoms with Gasteiger partial charge >= 0.3 is 0 Å². The fourth-order valence-electron chi connectivity index (χ4n) is 3.28. The first-order valence-corrected chi connectivity index (χ1v) is 10.5. The number of hydrogen-bond donors (Lipinski definition) is 3. The van der Waals surface area contributed by atoms with E-state index in [2.05, 4.69) is 37.3 Å². The monoisotopic (exact) mass is 435 g/mol. The third-order valence-corrected chi connectivity index (χ3v) is 5.03. The van der Waals surface area contributed by atoms with Crippen LogP contribution in [0, 0.1) is 6.92 Å². The van der Waals surface area contributed by atoms with Crippen LogP contribution < -0.4 is 21.7 Å². The van der Waals surface area contributed by atoms with Crippen molar-refractivity contribution in [2.24, 2.45) is 5.73 Å². The number of aromatic nitrogens is 3. The van der Waals surface area contributed by atoms with Crippen molar-refractivity contribution in [2.45, 2.75) is 13.3 Å². The van der Waals surface area contributed by atoms with E-state index >= 15 is 0 Å². The summed E-state index contributed by atoms with van der Waals surface area (Å²) in [7, 11) is 0. The van der Waals surface area contributed by atoms with Crippen molar-refractivity contribution in [2.75, 3.05) is 48.8 Å². The van der Waals surface area contributed by atoms with E-state index in [1.165, 1.54) is 5.56 Å². The van der Waals surface area contributed by atoms with Crippen LogP contribution in [-0.2, 0) is 16.0 Å². The summed E-state index contributed by atoms with van der Waals surface area (Å²) in [6.45, 7) is 5.66. The molecule has 1 aliphatic heterocycles. The smallest absolute Gasteiger partial charge is 0.211 e. The minimum atomic E-state index is 0.480. The predicted octanol–water partition coefficient (Wildman–Crippen LogP) is 2.02. The summed E-state index contributed by atoms with van der Waals surface area (Å²) in [6.07, 6.45) is 6.63. The summed E-state index contributed by atoms with van der Waals surface area (Å²) in [5, 5.41) is 2.65. The van der Waals surface area contributed by atoms with E-state index < -0.39 is 0 Å². The molecule has 2 aromatic heterocycles. The van der Waals surface area contributed by atoms with Gasteiger partial charge in [-0.2, -0.15) is 0 Å². The number of nitrogens with one attached hydrogen (secondary N) is 1. The lowest BCUT2D eigenvalue weighted by Gasteiger charge is -2.29. The summed E-state index contributed by atoms with van der Waals surface area (Å²) < 4.78 is 5.27. The van der Waals surface area contributed by atoms with Crippen molar-refractivity contribution >= 4 is 23.6 Å². The molecule has 4 rings (SSSR count). The summed E-state index contributed by atoms with van der Waals surface area (Å²) in [5.74, 6) is 0.480. The molecule has 1 saturated heterocycles. The Morgan fingerprint density at radius 2 is 1.91 bits per heavy atom. The third-order valence-electron chi connectivity index (χ3n) is 5.03. The molecule has 0 aliphatic carbocycles. The topological polar surface area (TPSA) is 132 Å². The molecule has 1 aliphatic rings. The zero-order valence-electron chi connectivity index (χ0n) is 18.2. The van der Waals surface area contributed by atoms with Crippen LogP contribution in [0.4, 0.5) is 17.2 Å². The Kier molecular flexibility index (Phi) is 8.47. The molecule has 32 heavy (non-hydrogen) atoms. The number of nitrogen functional groups attached to an aromatic ring is 1. The van der Waals surface area contributed by atoms with Gasteiger partial charge < -0.3 is 26.4 Å². The Balaban J connectivity index is 0.000000182. The van der Waals surface area contributed by atoms with Crippen molar-refractivity contribution in [3.8, 4) is 11.3 Å². The highest BCUT2D eigenvalue weighted by atomic mass is 16.5.